The molecule has 0 bridgehead atoms. The molecule has 2 aromatic heterocycles. The molecule has 6 nitrogen and oxygen atoms in total. The van der Waals surface area contributed by atoms with Gasteiger partial charge in [0.25, 0.3) is 0 Å². The van der Waals surface area contributed by atoms with Crippen LogP contribution in [-0.4, -0.2) is 26.2 Å². The lowest BCUT2D eigenvalue weighted by Gasteiger charge is -2.29. The first-order valence-electron chi connectivity index (χ1n) is 17.7. The fourth-order valence-electron chi connectivity index (χ4n) is 7.96. The molecule has 11 rings (SSSR count). The zero-order chi connectivity index (χ0) is 34.2. The second-order valence-corrected chi connectivity index (χ2v) is 16.2. The maximum absolute atomic E-state index is 6.90. The van der Waals surface area contributed by atoms with Gasteiger partial charge < -0.3 is 16.8 Å². The Morgan fingerprint density at radius 2 is 0.558 bits per heavy atom. The molecular weight excluding hydrogens is 682 g/mol. The lowest BCUT2D eigenvalue weighted by atomic mass is 9.99. The summed E-state index contributed by atoms with van der Waals surface area (Å²) in [5.41, 5.74) is 3.43. The largest absolute Gasteiger partial charge is 0.408 e. The first-order valence-corrected chi connectivity index (χ1v) is 19.9. The number of rotatable bonds is 2. The van der Waals surface area contributed by atoms with Crippen molar-refractivity contribution in [2.75, 3.05) is 35.5 Å². The van der Waals surface area contributed by atoms with Crippen LogP contribution in [-0.2, 0) is 0 Å². The van der Waals surface area contributed by atoms with E-state index in [1.807, 2.05) is 0 Å². The number of piperazine rings is 1. The minimum Gasteiger partial charge on any atom is -0.408 e. The van der Waals surface area contributed by atoms with E-state index >= 15 is 0 Å². The van der Waals surface area contributed by atoms with E-state index < -0.39 is 16.3 Å². The Labute approximate surface area is 300 Å². The van der Waals surface area contributed by atoms with Crippen LogP contribution in [0.5, 0.6) is 0 Å². The second-order valence-electron chi connectivity index (χ2n) is 13.4. The molecule has 8 aromatic carbocycles. The van der Waals surface area contributed by atoms with Crippen molar-refractivity contribution in [1.82, 2.24) is 0 Å². The molecule has 252 valence electrons. The fraction of sp³-hybridized carbons (Fsp3) is 0.0909. The minimum absolute atomic E-state index is 0.748. The third-order valence-electron chi connectivity index (χ3n) is 10.5. The van der Waals surface area contributed by atoms with E-state index in [1.54, 1.807) is 0 Å². The molecule has 8 heteroatoms. The highest BCUT2D eigenvalue weighted by Gasteiger charge is 2.26. The summed E-state index contributed by atoms with van der Waals surface area (Å²) in [5, 5.41) is 13.7. The second kappa shape index (κ2) is 12.1. The smallest absolute Gasteiger partial charge is 0.309 e. The molecule has 0 saturated carbocycles. The average Bonchev–Trinajstić information content (AvgIpc) is 3.50. The standard InChI is InChI=1S/C44H32N2O4P2/c1-5-13-33-29(9-1)17-21-37-41(33)42-34-14-6-2-10-30(34)18-22-38(42)48-51(47-37)45-25-27-46(28-26-45)52-49-39-23-19-31-11-3-7-15-35(31)43(39)44-36-16-8-4-12-32(36)20-24-40(44)50-52/h1-24H,25-28H2. The van der Waals surface area contributed by atoms with E-state index in [0.717, 1.165) is 91.6 Å². The lowest BCUT2D eigenvalue weighted by Crippen LogP contribution is -2.44. The topological polar surface area (TPSA) is 59.0 Å². The normalized spacial score (nSPS) is 14.5. The monoisotopic (exact) mass is 714 g/mol. The Morgan fingerprint density at radius 1 is 0.308 bits per heavy atom. The summed E-state index contributed by atoms with van der Waals surface area (Å²) in [6.45, 7) is 2.99. The molecule has 0 radical (unpaired) electrons. The van der Waals surface area contributed by atoms with Crippen molar-refractivity contribution in [3.8, 4) is 0 Å². The van der Waals surface area contributed by atoms with Gasteiger partial charge in [0, 0.05) is 47.7 Å². The van der Waals surface area contributed by atoms with Gasteiger partial charge in [0.05, 0.1) is 0 Å². The van der Waals surface area contributed by atoms with Crippen LogP contribution in [0, 0.1) is 0 Å². The number of benzene rings is 8. The van der Waals surface area contributed by atoms with Crippen LogP contribution in [0.1, 0.15) is 0 Å². The van der Waals surface area contributed by atoms with Crippen molar-refractivity contribution >= 4 is 103 Å². The van der Waals surface area contributed by atoms with Crippen molar-refractivity contribution in [2.24, 2.45) is 0 Å². The first-order chi connectivity index (χ1) is 25.8. The molecule has 3 heterocycles. The van der Waals surface area contributed by atoms with Crippen molar-refractivity contribution in [2.45, 2.75) is 0 Å². The third kappa shape index (κ3) is 4.80. The molecule has 1 saturated heterocycles. The van der Waals surface area contributed by atoms with Crippen molar-refractivity contribution in [3.63, 3.8) is 0 Å². The molecule has 52 heavy (non-hydrogen) atoms. The quantitative estimate of drug-likeness (QED) is 0.178. The Bertz CT molecular complexity index is 2720. The SMILES string of the molecule is c1ccc2c(c1)ccc1op(N3CCN(p4oc5ccc6ccccc6c5c5c(ccc6ccccc65)o4)CC3)oc3ccc4ccccc4c3c12. The van der Waals surface area contributed by atoms with Crippen molar-refractivity contribution < 1.29 is 16.8 Å². The molecule has 0 aliphatic carbocycles. The van der Waals surface area contributed by atoms with E-state index in [-0.39, 0.29) is 0 Å². The van der Waals surface area contributed by atoms with Crippen molar-refractivity contribution in [3.05, 3.63) is 146 Å². The van der Waals surface area contributed by atoms with E-state index in [4.69, 9.17) is 16.8 Å². The van der Waals surface area contributed by atoms with Crippen LogP contribution in [0.25, 0.3) is 87.0 Å². The molecule has 0 N–H and O–H groups in total. The van der Waals surface area contributed by atoms with Crippen LogP contribution in [0.4, 0.5) is 0 Å². The summed E-state index contributed by atoms with van der Waals surface area (Å²) in [6, 6.07) is 51.2. The van der Waals surface area contributed by atoms with Gasteiger partial charge in [-0.05, 0) is 67.4 Å². The molecule has 0 spiro atoms. The van der Waals surface area contributed by atoms with Crippen molar-refractivity contribution in [1.29, 1.82) is 0 Å². The predicted molar refractivity (Wildman–Crippen MR) is 219 cm³/mol. The van der Waals surface area contributed by atoms with E-state index in [1.165, 1.54) is 21.5 Å². The average molecular weight is 715 g/mol. The number of hydrogen-bond donors (Lipinski definition) is 0. The van der Waals surface area contributed by atoms with Gasteiger partial charge in [-0.2, -0.15) is 0 Å². The Kier molecular flexibility index (Phi) is 6.99. The third-order valence-corrected chi connectivity index (χ3v) is 13.6. The highest BCUT2D eigenvalue weighted by atomic mass is 31.1. The van der Waals surface area contributed by atoms with E-state index in [9.17, 15) is 0 Å². The predicted octanol–water partition coefficient (Wildman–Crippen LogP) is 13.1. The zero-order valence-electron chi connectivity index (χ0n) is 28.1. The van der Waals surface area contributed by atoms with Gasteiger partial charge in [-0.25, -0.2) is 9.34 Å². The number of nitrogens with zero attached hydrogens (tertiary/aromatic N) is 2. The van der Waals surface area contributed by atoms with Gasteiger partial charge in [-0.15, -0.1) is 0 Å². The van der Waals surface area contributed by atoms with Crippen LogP contribution >= 0.6 is 16.3 Å². The molecule has 1 aliphatic heterocycles. The maximum Gasteiger partial charge on any atom is 0.309 e. The van der Waals surface area contributed by atoms with Crippen LogP contribution in [0.15, 0.2) is 162 Å². The molecule has 0 atom stereocenters. The first kappa shape index (κ1) is 30.2. The van der Waals surface area contributed by atoms with Gasteiger partial charge in [-0.3, -0.25) is 0 Å². The van der Waals surface area contributed by atoms with Crippen LogP contribution < -0.4 is 9.34 Å². The lowest BCUT2D eigenvalue weighted by molar-refractivity contribution is 0.582. The molecule has 0 unspecified atom stereocenters. The van der Waals surface area contributed by atoms with Crippen LogP contribution in [0.3, 0.4) is 0 Å². The van der Waals surface area contributed by atoms with Gasteiger partial charge >= 0.3 is 16.3 Å². The summed E-state index contributed by atoms with van der Waals surface area (Å²) in [7, 11) is -2.87. The molecule has 10 aromatic rings. The number of hydrogen-bond acceptors (Lipinski definition) is 6. The molecule has 0 amide bonds. The summed E-state index contributed by atoms with van der Waals surface area (Å²) < 4.78 is 32.3. The van der Waals surface area contributed by atoms with Gasteiger partial charge in [0.1, 0.15) is 22.3 Å². The Balaban J connectivity index is 1.04. The molecular formula is C44H32N2O4P2. The Morgan fingerprint density at radius 3 is 0.827 bits per heavy atom. The van der Waals surface area contributed by atoms with E-state index in [2.05, 4.69) is 155 Å². The van der Waals surface area contributed by atoms with Crippen LogP contribution in [0.2, 0.25) is 0 Å². The maximum atomic E-state index is 6.90. The fourth-order valence-corrected chi connectivity index (χ4v) is 10.8. The zero-order valence-corrected chi connectivity index (χ0v) is 29.9. The highest BCUT2D eigenvalue weighted by molar-refractivity contribution is 7.39. The number of fused-ring (bicyclic) bond motifs is 14. The van der Waals surface area contributed by atoms with Gasteiger partial charge in [-0.1, -0.05) is 121 Å². The van der Waals surface area contributed by atoms with Gasteiger partial charge in [0.15, 0.2) is 0 Å². The van der Waals surface area contributed by atoms with E-state index in [0.29, 0.717) is 0 Å². The highest BCUT2D eigenvalue weighted by Crippen LogP contribution is 2.45. The minimum atomic E-state index is -1.43. The molecule has 1 fully saturated rings. The van der Waals surface area contributed by atoms with Gasteiger partial charge in [0.2, 0.25) is 0 Å². The summed E-state index contributed by atoms with van der Waals surface area (Å²) in [5.74, 6) is 0. The Hall–Kier alpha value is -5.48. The summed E-state index contributed by atoms with van der Waals surface area (Å²) in [4.78, 5) is 0. The summed E-state index contributed by atoms with van der Waals surface area (Å²) >= 11 is 0. The summed E-state index contributed by atoms with van der Waals surface area (Å²) in [6.07, 6.45) is 0. The molecule has 1 aliphatic rings.